The number of fused-ring (bicyclic) bond motifs is 5. The second-order valence-electron chi connectivity index (χ2n) is 14.3. The smallest absolute Gasteiger partial charge is 0.416 e. The summed E-state index contributed by atoms with van der Waals surface area (Å²) in [6.07, 6.45) is -7.66. The molecule has 0 aromatic heterocycles. The van der Waals surface area contributed by atoms with E-state index in [1.54, 1.807) is 13.0 Å². The molecule has 54 heavy (non-hydrogen) atoms. The second-order valence-corrected chi connectivity index (χ2v) is 14.7. The normalized spacial score (nSPS) is 27.9. The number of halogens is 8. The van der Waals surface area contributed by atoms with Crippen LogP contribution in [0.25, 0.3) is 0 Å². The summed E-state index contributed by atoms with van der Waals surface area (Å²) in [6, 6.07) is 8.26. The summed E-state index contributed by atoms with van der Waals surface area (Å²) in [4.78, 5) is 58.5. The Hall–Kier alpha value is -5.18. The van der Waals surface area contributed by atoms with E-state index in [9.17, 15) is 55.0 Å². The minimum absolute atomic E-state index is 0.0203. The molecule has 3 fully saturated rings. The molecule has 280 valence electrons. The zero-order chi connectivity index (χ0) is 38.8. The maximum absolute atomic E-state index is 14.6. The van der Waals surface area contributed by atoms with Crippen molar-refractivity contribution in [2.75, 3.05) is 9.80 Å². The number of amides is 4. The van der Waals surface area contributed by atoms with Crippen molar-refractivity contribution in [2.45, 2.75) is 38.5 Å². The molecule has 0 radical (unpaired) electrons. The number of carbonyl (C=O) groups excluding carboxylic acids is 4. The molecule has 3 aliphatic heterocycles. The lowest BCUT2D eigenvalue weighted by Gasteiger charge is -2.49. The summed E-state index contributed by atoms with van der Waals surface area (Å²) in [5.74, 6) is -9.53. The highest BCUT2D eigenvalue weighted by Crippen LogP contribution is 2.63. The van der Waals surface area contributed by atoms with Gasteiger partial charge in [0.1, 0.15) is 17.3 Å². The molecule has 5 aliphatic rings. The third kappa shape index (κ3) is 5.25. The topological polar surface area (TPSA) is 104 Å². The predicted molar refractivity (Wildman–Crippen MR) is 176 cm³/mol. The van der Waals surface area contributed by atoms with Gasteiger partial charge in [-0.05, 0) is 85.9 Å². The van der Waals surface area contributed by atoms with Crippen LogP contribution in [0.5, 0.6) is 11.5 Å². The van der Waals surface area contributed by atoms with Gasteiger partial charge in [0.15, 0.2) is 0 Å². The number of hydrogen-bond acceptors (Lipinski definition) is 6. The average molecular weight is 775 g/mol. The fourth-order valence-electron chi connectivity index (χ4n) is 9.04. The highest BCUT2D eigenvalue weighted by atomic mass is 35.5. The summed E-state index contributed by atoms with van der Waals surface area (Å²) in [6.45, 7) is 1.57. The molecule has 16 heteroatoms. The van der Waals surface area contributed by atoms with Crippen molar-refractivity contribution in [1.29, 1.82) is 0 Å². The van der Waals surface area contributed by atoms with Crippen LogP contribution in [0.1, 0.15) is 36.5 Å². The molecule has 3 aromatic rings. The van der Waals surface area contributed by atoms with E-state index in [4.69, 9.17) is 16.3 Å². The number of rotatable bonds is 3. The second kappa shape index (κ2) is 11.9. The van der Waals surface area contributed by atoms with Gasteiger partial charge in [0, 0.05) is 17.9 Å². The molecule has 3 aromatic carbocycles. The van der Waals surface area contributed by atoms with Crippen LogP contribution in [0.15, 0.2) is 78.1 Å². The van der Waals surface area contributed by atoms with Crippen LogP contribution < -0.4 is 14.5 Å². The molecule has 2 aliphatic carbocycles. The summed E-state index contributed by atoms with van der Waals surface area (Å²) < 4.78 is 103. The van der Waals surface area contributed by atoms with Crippen LogP contribution in [0.2, 0.25) is 5.02 Å². The van der Waals surface area contributed by atoms with Crippen LogP contribution in [0.4, 0.5) is 42.1 Å². The van der Waals surface area contributed by atoms with E-state index < -0.39 is 93.6 Å². The fraction of sp³-hybridized carbons (Fsp3) is 0.316. The van der Waals surface area contributed by atoms with E-state index in [0.717, 1.165) is 17.0 Å². The van der Waals surface area contributed by atoms with Crippen molar-refractivity contribution in [3.63, 3.8) is 0 Å². The number of benzene rings is 3. The number of phenolic OH excluding ortho intramolecular Hbond substituents is 1. The van der Waals surface area contributed by atoms with E-state index >= 15 is 0 Å². The van der Waals surface area contributed by atoms with Crippen LogP contribution in [-0.4, -0.2) is 28.7 Å². The predicted octanol–water partition coefficient (Wildman–Crippen LogP) is 8.01. The van der Waals surface area contributed by atoms with Crippen molar-refractivity contribution in [3.05, 3.63) is 106 Å². The molecular weight excluding hydrogens is 749 g/mol. The zero-order valence-electron chi connectivity index (χ0n) is 27.8. The highest BCUT2D eigenvalue weighted by molar-refractivity contribution is 6.32. The monoisotopic (exact) mass is 774 g/mol. The van der Waals surface area contributed by atoms with Crippen molar-refractivity contribution >= 4 is 46.6 Å². The molecule has 1 N–H and O–H groups in total. The van der Waals surface area contributed by atoms with Gasteiger partial charge in [-0.15, -0.1) is 0 Å². The first-order valence-corrected chi connectivity index (χ1v) is 17.1. The molecule has 4 amide bonds. The first-order chi connectivity index (χ1) is 25.3. The number of hydrogen-bond donors (Lipinski definition) is 1. The van der Waals surface area contributed by atoms with Gasteiger partial charge >= 0.3 is 12.4 Å². The molecule has 6 unspecified atom stereocenters. The Morgan fingerprint density at radius 3 is 2.17 bits per heavy atom. The summed E-state index contributed by atoms with van der Waals surface area (Å²) in [5.41, 5.74) is -4.42. The van der Waals surface area contributed by atoms with Gasteiger partial charge in [0.25, 0.3) is 0 Å². The number of anilines is 2. The molecule has 0 bridgehead atoms. The minimum Gasteiger partial charge on any atom is -0.508 e. The number of ether oxygens (including phenoxy) is 1. The molecule has 1 saturated carbocycles. The van der Waals surface area contributed by atoms with E-state index in [1.165, 1.54) is 30.5 Å². The Morgan fingerprint density at radius 2 is 1.52 bits per heavy atom. The van der Waals surface area contributed by atoms with Gasteiger partial charge in [-0.3, -0.25) is 19.2 Å². The SMILES string of the molecule is CC12C(=O)N(c3ccc(F)c(Cl)c3)C(=O)C1CC1C(=CCC3C(=O)N(c4cc(C(F)(F)F)cc(C(F)(F)F)c4)C(=O)C31)C2C1=COc2ccc(O)cc2C1. The summed E-state index contributed by atoms with van der Waals surface area (Å²) in [7, 11) is 0. The number of imide groups is 2. The van der Waals surface area contributed by atoms with Crippen LogP contribution >= 0.6 is 11.6 Å². The van der Waals surface area contributed by atoms with Crippen LogP contribution in [0, 0.1) is 40.8 Å². The number of alkyl halides is 6. The lowest BCUT2D eigenvalue weighted by Crippen LogP contribution is -2.51. The molecule has 2 saturated heterocycles. The zero-order valence-corrected chi connectivity index (χ0v) is 28.5. The minimum atomic E-state index is -5.24. The summed E-state index contributed by atoms with van der Waals surface area (Å²) >= 11 is 6.03. The molecular formula is C38H26ClF7N2O6. The maximum atomic E-state index is 14.6. The van der Waals surface area contributed by atoms with Gasteiger partial charge in [-0.2, -0.15) is 26.3 Å². The standard InChI is InChI=1S/C38H26ClF7N2O6/c1-36-26(33(51)48(35(36)53)20-2-6-28(40)27(39)13-20)14-25-23(31(36)17-8-16-9-22(49)3-7-29(16)54-15-17)4-5-24-30(25)34(52)47(32(24)50)21-11-18(37(41,42)43)10-19(12-21)38(44,45)46/h2-4,6-7,9-13,15,24-26,30-31,49H,5,8,14H2,1H3. The molecule has 8 rings (SSSR count). The van der Waals surface area contributed by atoms with Gasteiger partial charge in [0.05, 0.1) is 57.0 Å². The number of carbonyl (C=O) groups is 4. The van der Waals surface area contributed by atoms with Crippen molar-refractivity contribution in [2.24, 2.45) is 35.0 Å². The first kappa shape index (κ1) is 35.8. The van der Waals surface area contributed by atoms with E-state index in [1.807, 2.05) is 0 Å². The third-order valence-electron chi connectivity index (χ3n) is 11.4. The first-order valence-electron chi connectivity index (χ1n) is 16.7. The Balaban J connectivity index is 1.25. The Bertz CT molecular complexity index is 2240. The van der Waals surface area contributed by atoms with Gasteiger partial charge in [0.2, 0.25) is 23.6 Å². The Labute approximate surface area is 306 Å². The number of nitrogens with zero attached hydrogens (tertiary/aromatic N) is 2. The lowest BCUT2D eigenvalue weighted by molar-refractivity contribution is -0.143. The lowest BCUT2D eigenvalue weighted by atomic mass is 9.51. The van der Waals surface area contributed by atoms with Gasteiger partial charge in [-0.1, -0.05) is 23.3 Å². The van der Waals surface area contributed by atoms with Gasteiger partial charge in [-0.25, -0.2) is 14.2 Å². The average Bonchev–Trinajstić information content (AvgIpc) is 3.47. The molecule has 3 heterocycles. The third-order valence-corrected chi connectivity index (χ3v) is 11.7. The Kier molecular flexibility index (Phi) is 7.90. The van der Waals surface area contributed by atoms with Crippen molar-refractivity contribution in [3.8, 4) is 11.5 Å². The van der Waals surface area contributed by atoms with E-state index in [2.05, 4.69) is 0 Å². The quantitative estimate of drug-likeness (QED) is 0.164. The number of phenols is 1. The van der Waals surface area contributed by atoms with Crippen LogP contribution in [0.3, 0.4) is 0 Å². The van der Waals surface area contributed by atoms with Crippen molar-refractivity contribution in [1.82, 2.24) is 0 Å². The number of allylic oxidation sites excluding steroid dienone is 3. The molecule has 0 spiro atoms. The van der Waals surface area contributed by atoms with E-state index in [0.29, 0.717) is 39.5 Å². The van der Waals surface area contributed by atoms with E-state index in [-0.39, 0.29) is 41.8 Å². The number of aromatic hydroxyl groups is 1. The maximum Gasteiger partial charge on any atom is 0.416 e. The van der Waals surface area contributed by atoms with Crippen LogP contribution in [-0.2, 0) is 38.0 Å². The Morgan fingerprint density at radius 1 is 0.833 bits per heavy atom. The van der Waals surface area contributed by atoms with Gasteiger partial charge < -0.3 is 9.84 Å². The molecule has 6 atom stereocenters. The molecule has 8 nitrogen and oxygen atoms in total. The fourth-order valence-corrected chi connectivity index (χ4v) is 9.21. The largest absolute Gasteiger partial charge is 0.508 e. The van der Waals surface area contributed by atoms with Crippen molar-refractivity contribution < 1.29 is 59.8 Å². The highest BCUT2D eigenvalue weighted by Gasteiger charge is 2.68. The summed E-state index contributed by atoms with van der Waals surface area (Å²) in [5, 5.41) is 9.86.